The highest BCUT2D eigenvalue weighted by molar-refractivity contribution is 6.07. The standard InChI is InChI=1S/C32H36NO/c1-19-13-25-14-21(17-32(3,4)5)15-27-29(25)28(20(19)2)30-31(34-27)26-16-23(22-9-7-8-10-22)11-12-24(26)18-33(30)6/h11-16,18,22H,7-10,17H2,1-6H3/q+1. The van der Waals surface area contributed by atoms with Gasteiger partial charge in [0.1, 0.15) is 12.8 Å². The molecule has 0 unspecified atom stereocenters. The van der Waals surface area contributed by atoms with Gasteiger partial charge in [-0.1, -0.05) is 51.8 Å². The van der Waals surface area contributed by atoms with Crippen LogP contribution in [0.3, 0.4) is 0 Å². The molecule has 0 spiro atoms. The highest BCUT2D eigenvalue weighted by atomic mass is 16.5. The SMILES string of the molecule is Cc1cc2cc(CC(C)(C)C)cc3c2c(c1C)-c1c(c2cc(C4CCCC4)ccc2c[n+]1C)O3. The first kappa shape index (κ1) is 21.6. The number of fused-ring (bicyclic) bond motifs is 4. The summed E-state index contributed by atoms with van der Waals surface area (Å²) in [5.41, 5.74) is 8.29. The molecule has 1 saturated carbocycles. The number of ether oxygens (including phenoxy) is 1. The molecule has 1 aromatic heterocycles. The Bertz CT molecular complexity index is 1470. The second kappa shape index (κ2) is 7.57. The van der Waals surface area contributed by atoms with E-state index in [9.17, 15) is 0 Å². The molecule has 2 heterocycles. The Hall–Kier alpha value is -2.87. The third-order valence-corrected chi connectivity index (χ3v) is 8.01. The fourth-order valence-corrected chi connectivity index (χ4v) is 6.36. The molecule has 0 saturated heterocycles. The first-order valence-electron chi connectivity index (χ1n) is 12.9. The second-order valence-electron chi connectivity index (χ2n) is 12.0. The molecule has 0 radical (unpaired) electrons. The maximum Gasteiger partial charge on any atom is 0.257 e. The van der Waals surface area contributed by atoms with Crippen LogP contribution in [0.25, 0.3) is 32.8 Å². The Labute approximate surface area is 203 Å². The van der Waals surface area contributed by atoms with Crippen molar-refractivity contribution in [1.82, 2.24) is 0 Å². The molecule has 6 rings (SSSR count). The summed E-state index contributed by atoms with van der Waals surface area (Å²) in [6, 6.07) is 14.1. The van der Waals surface area contributed by atoms with Crippen molar-refractivity contribution in [2.75, 3.05) is 0 Å². The van der Waals surface area contributed by atoms with Crippen molar-refractivity contribution in [1.29, 1.82) is 0 Å². The van der Waals surface area contributed by atoms with Gasteiger partial charge >= 0.3 is 0 Å². The smallest absolute Gasteiger partial charge is 0.257 e. The highest BCUT2D eigenvalue weighted by Gasteiger charge is 2.33. The summed E-state index contributed by atoms with van der Waals surface area (Å²) in [6.45, 7) is 11.4. The molecule has 34 heavy (non-hydrogen) atoms. The quantitative estimate of drug-likeness (QED) is 0.246. The van der Waals surface area contributed by atoms with Crippen molar-refractivity contribution in [2.45, 2.75) is 72.6 Å². The van der Waals surface area contributed by atoms with E-state index < -0.39 is 0 Å². The average molecular weight is 451 g/mol. The van der Waals surface area contributed by atoms with E-state index in [4.69, 9.17) is 4.74 Å². The molecule has 1 aliphatic carbocycles. The third-order valence-electron chi connectivity index (χ3n) is 8.01. The molecular formula is C32H36NO+. The van der Waals surface area contributed by atoms with Gasteiger partial charge in [0, 0.05) is 16.2 Å². The topological polar surface area (TPSA) is 13.1 Å². The third kappa shape index (κ3) is 3.42. The van der Waals surface area contributed by atoms with Gasteiger partial charge in [-0.25, -0.2) is 0 Å². The zero-order chi connectivity index (χ0) is 23.8. The van der Waals surface area contributed by atoms with Gasteiger partial charge in [-0.15, -0.1) is 0 Å². The second-order valence-corrected chi connectivity index (χ2v) is 12.0. The summed E-state index contributed by atoms with van der Waals surface area (Å²) < 4.78 is 9.17. The van der Waals surface area contributed by atoms with Crippen LogP contribution < -0.4 is 9.30 Å². The van der Waals surface area contributed by atoms with E-state index in [1.54, 1.807) is 0 Å². The lowest BCUT2D eigenvalue weighted by Gasteiger charge is -2.25. The molecule has 0 amide bonds. The van der Waals surface area contributed by atoms with Crippen molar-refractivity contribution in [3.8, 4) is 22.8 Å². The Morgan fingerprint density at radius 2 is 1.74 bits per heavy atom. The summed E-state index contributed by atoms with van der Waals surface area (Å²) in [5, 5.41) is 5.05. The van der Waals surface area contributed by atoms with Gasteiger partial charge in [-0.3, -0.25) is 0 Å². The molecule has 2 nitrogen and oxygen atoms in total. The zero-order valence-corrected chi connectivity index (χ0v) is 21.5. The minimum atomic E-state index is 0.227. The monoisotopic (exact) mass is 450 g/mol. The Morgan fingerprint density at radius 1 is 0.971 bits per heavy atom. The maximum absolute atomic E-state index is 6.89. The number of pyridine rings is 1. The largest absolute Gasteiger partial charge is 0.449 e. The lowest BCUT2D eigenvalue weighted by atomic mass is 9.84. The van der Waals surface area contributed by atoms with Crippen LogP contribution in [0.5, 0.6) is 11.5 Å². The summed E-state index contributed by atoms with van der Waals surface area (Å²) in [4.78, 5) is 0. The zero-order valence-electron chi connectivity index (χ0n) is 21.5. The Kier molecular flexibility index (Phi) is 4.82. The van der Waals surface area contributed by atoms with Crippen LogP contribution in [0.1, 0.15) is 74.6 Å². The van der Waals surface area contributed by atoms with Crippen LogP contribution in [-0.4, -0.2) is 0 Å². The minimum Gasteiger partial charge on any atom is -0.449 e. The number of rotatable bonds is 2. The van der Waals surface area contributed by atoms with Gasteiger partial charge in [0.2, 0.25) is 5.75 Å². The van der Waals surface area contributed by atoms with E-state index in [1.807, 2.05) is 0 Å². The van der Waals surface area contributed by atoms with Gasteiger partial charge in [0.05, 0.1) is 5.56 Å². The van der Waals surface area contributed by atoms with Gasteiger partial charge in [-0.05, 0) is 90.3 Å². The number of aromatic nitrogens is 1. The average Bonchev–Trinajstić information content (AvgIpc) is 3.30. The normalized spacial score (nSPS) is 15.7. The van der Waals surface area contributed by atoms with E-state index in [0.717, 1.165) is 17.9 Å². The van der Waals surface area contributed by atoms with E-state index in [1.165, 1.54) is 80.7 Å². The van der Waals surface area contributed by atoms with Crippen molar-refractivity contribution < 1.29 is 9.30 Å². The lowest BCUT2D eigenvalue weighted by molar-refractivity contribution is -0.659. The summed E-state index contributed by atoms with van der Waals surface area (Å²) >= 11 is 0. The van der Waals surface area contributed by atoms with Crippen molar-refractivity contribution in [2.24, 2.45) is 12.5 Å². The number of nitrogens with zero attached hydrogens (tertiary/aromatic N) is 1. The number of aryl methyl sites for hydroxylation is 2. The minimum absolute atomic E-state index is 0.227. The van der Waals surface area contributed by atoms with Crippen molar-refractivity contribution in [3.05, 3.63) is 64.8 Å². The molecule has 2 heteroatoms. The summed E-state index contributed by atoms with van der Waals surface area (Å²) in [6.07, 6.45) is 8.64. The van der Waals surface area contributed by atoms with Gasteiger partial charge in [-0.2, -0.15) is 4.57 Å². The van der Waals surface area contributed by atoms with E-state index >= 15 is 0 Å². The van der Waals surface area contributed by atoms with Crippen LogP contribution in [-0.2, 0) is 13.5 Å². The van der Waals surface area contributed by atoms with Gasteiger partial charge in [0.15, 0.2) is 6.20 Å². The predicted molar refractivity (Wildman–Crippen MR) is 142 cm³/mol. The van der Waals surface area contributed by atoms with Crippen LogP contribution in [0.15, 0.2) is 42.6 Å². The molecule has 2 aliphatic rings. The van der Waals surface area contributed by atoms with Gasteiger partial charge < -0.3 is 4.74 Å². The molecule has 0 atom stereocenters. The molecule has 1 aliphatic heterocycles. The molecule has 174 valence electrons. The summed E-state index contributed by atoms with van der Waals surface area (Å²) in [5.74, 6) is 2.73. The van der Waals surface area contributed by atoms with E-state index in [2.05, 4.69) is 88.8 Å². The fraction of sp³-hybridized carbons (Fsp3) is 0.406. The molecule has 4 aromatic rings. The highest BCUT2D eigenvalue weighted by Crippen LogP contribution is 2.50. The molecule has 3 aromatic carbocycles. The lowest BCUT2D eigenvalue weighted by Crippen LogP contribution is -2.32. The predicted octanol–water partition coefficient (Wildman–Crippen LogP) is 8.45. The maximum atomic E-state index is 6.89. The Balaban J connectivity index is 1.65. The van der Waals surface area contributed by atoms with Crippen molar-refractivity contribution in [3.63, 3.8) is 0 Å². The number of hydrogen-bond acceptors (Lipinski definition) is 1. The van der Waals surface area contributed by atoms with Crippen LogP contribution in [0.2, 0.25) is 0 Å². The molecular weight excluding hydrogens is 414 g/mol. The fourth-order valence-electron chi connectivity index (χ4n) is 6.36. The summed E-state index contributed by atoms with van der Waals surface area (Å²) in [7, 11) is 2.17. The first-order chi connectivity index (χ1) is 16.2. The van der Waals surface area contributed by atoms with E-state index in [-0.39, 0.29) is 5.41 Å². The van der Waals surface area contributed by atoms with Crippen LogP contribution in [0, 0.1) is 19.3 Å². The number of hydrogen-bond donors (Lipinski definition) is 0. The van der Waals surface area contributed by atoms with Crippen LogP contribution >= 0.6 is 0 Å². The molecule has 1 fully saturated rings. The van der Waals surface area contributed by atoms with Crippen LogP contribution in [0.4, 0.5) is 0 Å². The molecule has 0 bridgehead atoms. The molecule has 0 N–H and O–H groups in total. The van der Waals surface area contributed by atoms with Crippen molar-refractivity contribution >= 4 is 21.5 Å². The van der Waals surface area contributed by atoms with Gasteiger partial charge in [0.25, 0.3) is 5.69 Å². The van der Waals surface area contributed by atoms with E-state index in [0.29, 0.717) is 5.92 Å². The first-order valence-corrected chi connectivity index (χ1v) is 12.9. The number of benzene rings is 3. The Morgan fingerprint density at radius 3 is 2.47 bits per heavy atom.